The van der Waals surface area contributed by atoms with Crippen LogP contribution < -0.4 is 9.47 Å². The van der Waals surface area contributed by atoms with E-state index in [9.17, 15) is 4.79 Å². The van der Waals surface area contributed by atoms with E-state index in [2.05, 4.69) is 45.2 Å². The van der Waals surface area contributed by atoms with Gasteiger partial charge in [0.1, 0.15) is 5.54 Å². The van der Waals surface area contributed by atoms with Gasteiger partial charge < -0.3 is 19.4 Å². The predicted octanol–water partition coefficient (Wildman–Crippen LogP) is 5.25. The number of ether oxygens (including phenoxy) is 2. The Hall–Kier alpha value is -3.25. The molecule has 2 aliphatic heterocycles. The van der Waals surface area contributed by atoms with Gasteiger partial charge in [0.05, 0.1) is 14.2 Å². The number of halogens is 1. The van der Waals surface area contributed by atoms with Crippen LogP contribution in [0.2, 0.25) is 0 Å². The first-order chi connectivity index (χ1) is 15.6. The van der Waals surface area contributed by atoms with Crippen LogP contribution in [0.5, 0.6) is 11.5 Å². The second-order valence-electron chi connectivity index (χ2n) is 8.22. The molecule has 160 valence electrons. The third kappa shape index (κ3) is 2.36. The van der Waals surface area contributed by atoms with Crippen LogP contribution in [0.25, 0.3) is 10.9 Å². The fourth-order valence-corrected chi connectivity index (χ4v) is 5.87. The fourth-order valence-electron chi connectivity index (χ4n) is 5.51. The molecule has 0 bridgehead atoms. The molecule has 0 aliphatic carbocycles. The number of methoxy groups -OCH3 is 2. The van der Waals surface area contributed by atoms with Crippen molar-refractivity contribution in [2.24, 2.45) is 0 Å². The molecule has 5 nitrogen and oxygen atoms in total. The van der Waals surface area contributed by atoms with Gasteiger partial charge in [-0.15, -0.1) is 0 Å². The van der Waals surface area contributed by atoms with Crippen LogP contribution in [-0.4, -0.2) is 36.6 Å². The van der Waals surface area contributed by atoms with Crippen LogP contribution in [0.3, 0.4) is 0 Å². The monoisotopic (exact) mass is 488 g/mol. The first kappa shape index (κ1) is 19.4. The minimum atomic E-state index is -0.750. The molecule has 1 atom stereocenters. The summed E-state index contributed by atoms with van der Waals surface area (Å²) in [5.74, 6) is 1.42. The molecule has 32 heavy (non-hydrogen) atoms. The Bertz CT molecular complexity index is 1410. The van der Waals surface area contributed by atoms with Gasteiger partial charge in [0, 0.05) is 39.2 Å². The van der Waals surface area contributed by atoms with E-state index < -0.39 is 5.54 Å². The van der Waals surface area contributed by atoms with Gasteiger partial charge in [0.2, 0.25) is 0 Å². The number of carbonyl (C=O) groups is 1. The lowest BCUT2D eigenvalue weighted by atomic mass is 9.72. The fraction of sp³-hybridized carbons (Fsp3) is 0.192. The van der Waals surface area contributed by atoms with Gasteiger partial charge in [0.25, 0.3) is 5.91 Å². The number of fused-ring (bicyclic) bond motifs is 6. The smallest absolute Gasteiger partial charge is 0.255 e. The molecule has 1 amide bonds. The average molecular weight is 489 g/mol. The van der Waals surface area contributed by atoms with E-state index in [0.717, 1.165) is 49.6 Å². The summed E-state index contributed by atoms with van der Waals surface area (Å²) in [5, 5.41) is 1.08. The van der Waals surface area contributed by atoms with Gasteiger partial charge in [-0.2, -0.15) is 0 Å². The molecule has 0 radical (unpaired) electrons. The second kappa shape index (κ2) is 6.87. The summed E-state index contributed by atoms with van der Waals surface area (Å²) in [6, 6.07) is 18.3. The Morgan fingerprint density at radius 3 is 2.56 bits per heavy atom. The molecular formula is C26H21BrN2O3. The lowest BCUT2D eigenvalue weighted by Gasteiger charge is -2.44. The zero-order valence-electron chi connectivity index (χ0n) is 17.7. The van der Waals surface area contributed by atoms with Gasteiger partial charge >= 0.3 is 0 Å². The molecule has 0 fully saturated rings. The highest BCUT2D eigenvalue weighted by molar-refractivity contribution is 9.10. The third-order valence-corrected chi connectivity index (χ3v) is 7.33. The summed E-state index contributed by atoms with van der Waals surface area (Å²) in [4.78, 5) is 19.1. The SMILES string of the molecule is COc1cc2c(cc1OC)C1(c3c[nH]c4ccc(Br)cc34)c3ccccc3C(=O)N1CC2. The molecule has 3 heterocycles. The van der Waals surface area contributed by atoms with Crippen molar-refractivity contribution >= 4 is 32.7 Å². The molecule has 1 N–H and O–H groups in total. The van der Waals surface area contributed by atoms with E-state index in [0.29, 0.717) is 18.0 Å². The molecule has 2 aliphatic rings. The first-order valence-corrected chi connectivity index (χ1v) is 11.3. The van der Waals surface area contributed by atoms with Crippen LogP contribution in [0, 0.1) is 0 Å². The molecular weight excluding hydrogens is 468 g/mol. The maximum Gasteiger partial charge on any atom is 0.255 e. The molecule has 4 aromatic rings. The largest absolute Gasteiger partial charge is 0.493 e. The highest BCUT2D eigenvalue weighted by Crippen LogP contribution is 2.55. The van der Waals surface area contributed by atoms with E-state index in [-0.39, 0.29) is 5.91 Å². The second-order valence-corrected chi connectivity index (χ2v) is 9.14. The number of aromatic nitrogens is 1. The van der Waals surface area contributed by atoms with Gasteiger partial charge in [-0.05, 0) is 59.5 Å². The minimum Gasteiger partial charge on any atom is -0.493 e. The Kier molecular flexibility index (Phi) is 4.17. The van der Waals surface area contributed by atoms with Crippen molar-refractivity contribution in [3.8, 4) is 11.5 Å². The Balaban J connectivity index is 1.78. The van der Waals surface area contributed by atoms with Gasteiger partial charge in [-0.3, -0.25) is 4.79 Å². The molecule has 1 unspecified atom stereocenters. The number of amides is 1. The molecule has 1 aromatic heterocycles. The van der Waals surface area contributed by atoms with Crippen LogP contribution in [-0.2, 0) is 12.0 Å². The summed E-state index contributed by atoms with van der Waals surface area (Å²) in [7, 11) is 3.30. The Morgan fingerprint density at radius 1 is 0.969 bits per heavy atom. The van der Waals surface area contributed by atoms with Crippen molar-refractivity contribution in [1.29, 1.82) is 0 Å². The van der Waals surface area contributed by atoms with E-state index in [1.807, 2.05) is 41.4 Å². The topological polar surface area (TPSA) is 54.6 Å². The van der Waals surface area contributed by atoms with E-state index in [4.69, 9.17) is 9.47 Å². The number of rotatable bonds is 3. The number of hydrogen-bond acceptors (Lipinski definition) is 3. The molecule has 6 heteroatoms. The molecule has 3 aromatic carbocycles. The van der Waals surface area contributed by atoms with Gasteiger partial charge in [-0.25, -0.2) is 0 Å². The van der Waals surface area contributed by atoms with Crippen molar-refractivity contribution in [1.82, 2.24) is 9.88 Å². The summed E-state index contributed by atoms with van der Waals surface area (Å²) < 4.78 is 12.3. The average Bonchev–Trinajstić information content (AvgIpc) is 3.35. The number of benzene rings is 3. The summed E-state index contributed by atoms with van der Waals surface area (Å²) in [6.07, 6.45) is 2.80. The normalized spacial score (nSPS) is 19.0. The van der Waals surface area contributed by atoms with E-state index in [1.54, 1.807) is 14.2 Å². The van der Waals surface area contributed by atoms with Crippen molar-refractivity contribution < 1.29 is 14.3 Å². The molecule has 6 rings (SSSR count). The molecule has 0 saturated carbocycles. The number of aromatic amines is 1. The summed E-state index contributed by atoms with van der Waals surface area (Å²) >= 11 is 3.63. The first-order valence-electron chi connectivity index (χ1n) is 10.5. The van der Waals surface area contributed by atoms with E-state index in [1.165, 1.54) is 0 Å². The lowest BCUT2D eigenvalue weighted by molar-refractivity contribution is 0.0661. The summed E-state index contributed by atoms with van der Waals surface area (Å²) in [6.45, 7) is 0.622. The zero-order valence-corrected chi connectivity index (χ0v) is 19.3. The summed E-state index contributed by atoms with van der Waals surface area (Å²) in [5.41, 5.74) is 5.30. The van der Waals surface area contributed by atoms with Crippen LogP contribution in [0.1, 0.15) is 32.6 Å². The van der Waals surface area contributed by atoms with Gasteiger partial charge in [-0.1, -0.05) is 34.1 Å². The Labute approximate surface area is 194 Å². The molecule has 0 saturated heterocycles. The van der Waals surface area contributed by atoms with Crippen molar-refractivity contribution in [2.45, 2.75) is 12.0 Å². The van der Waals surface area contributed by atoms with Crippen LogP contribution in [0.4, 0.5) is 0 Å². The van der Waals surface area contributed by atoms with Crippen LogP contribution >= 0.6 is 15.9 Å². The number of nitrogens with zero attached hydrogens (tertiary/aromatic N) is 1. The quantitative estimate of drug-likeness (QED) is 0.428. The number of nitrogens with one attached hydrogen (secondary N) is 1. The maximum absolute atomic E-state index is 13.7. The number of H-pyrrole nitrogens is 1. The van der Waals surface area contributed by atoms with Crippen LogP contribution in [0.15, 0.2) is 65.3 Å². The third-order valence-electron chi connectivity index (χ3n) is 6.83. The van der Waals surface area contributed by atoms with Crippen molar-refractivity contribution in [2.75, 3.05) is 20.8 Å². The Morgan fingerprint density at radius 2 is 1.75 bits per heavy atom. The zero-order chi connectivity index (χ0) is 22.0. The van der Waals surface area contributed by atoms with E-state index >= 15 is 0 Å². The number of hydrogen-bond donors (Lipinski definition) is 1. The standard InChI is InChI=1S/C26H21BrN2O3/c1-31-23-11-15-9-10-29-25(30)17-5-3-4-6-19(17)26(29,20(15)13-24(23)32-2)21-14-28-22-8-7-16(27)12-18(21)22/h3-8,11-14,28H,9-10H2,1-2H3. The minimum absolute atomic E-state index is 0.0605. The highest BCUT2D eigenvalue weighted by atomic mass is 79.9. The lowest BCUT2D eigenvalue weighted by Crippen LogP contribution is -2.50. The number of carbonyl (C=O) groups excluding carboxylic acids is 1. The van der Waals surface area contributed by atoms with Crippen molar-refractivity contribution in [3.05, 3.63) is 93.1 Å². The van der Waals surface area contributed by atoms with Gasteiger partial charge in [0.15, 0.2) is 11.5 Å². The predicted molar refractivity (Wildman–Crippen MR) is 127 cm³/mol. The highest BCUT2D eigenvalue weighted by Gasteiger charge is 2.55. The molecule has 0 spiro atoms. The van der Waals surface area contributed by atoms with Crippen molar-refractivity contribution in [3.63, 3.8) is 0 Å². The maximum atomic E-state index is 13.7.